The predicted octanol–water partition coefficient (Wildman–Crippen LogP) is 2.67. The summed E-state index contributed by atoms with van der Waals surface area (Å²) < 4.78 is 0. The topological polar surface area (TPSA) is 40.5 Å². The second kappa shape index (κ2) is 7.44. The van der Waals surface area contributed by atoms with E-state index in [2.05, 4.69) is 37.3 Å². The Morgan fingerprint density at radius 2 is 1.71 bits per heavy atom. The van der Waals surface area contributed by atoms with E-state index in [9.17, 15) is 10.0 Å². The van der Waals surface area contributed by atoms with Gasteiger partial charge in [0.2, 0.25) is 0 Å². The predicted molar refractivity (Wildman–Crippen MR) is 88.8 cm³/mol. The highest BCUT2D eigenvalue weighted by Crippen LogP contribution is 2.24. The Morgan fingerprint density at radius 1 is 1.00 bits per heavy atom. The largest absolute Gasteiger partial charge is 0.488 e. The minimum atomic E-state index is -1.38. The van der Waals surface area contributed by atoms with Crippen LogP contribution in [0.3, 0.4) is 0 Å². The van der Waals surface area contributed by atoms with Crippen LogP contribution >= 0.6 is 0 Å². The van der Waals surface area contributed by atoms with Crippen molar-refractivity contribution in [2.75, 3.05) is 0 Å². The van der Waals surface area contributed by atoms with Crippen molar-refractivity contribution in [2.24, 2.45) is 0 Å². The second-order valence-electron chi connectivity index (χ2n) is 5.48. The van der Waals surface area contributed by atoms with E-state index in [1.165, 1.54) is 11.1 Å². The van der Waals surface area contributed by atoms with Gasteiger partial charge in [-0.2, -0.15) is 0 Å². The molecule has 0 amide bonds. The van der Waals surface area contributed by atoms with Crippen molar-refractivity contribution in [1.82, 2.24) is 0 Å². The van der Waals surface area contributed by atoms with Gasteiger partial charge < -0.3 is 10.0 Å². The van der Waals surface area contributed by atoms with Crippen LogP contribution in [0.2, 0.25) is 0 Å². The molecule has 1 unspecified atom stereocenters. The molecule has 0 bridgehead atoms. The van der Waals surface area contributed by atoms with Gasteiger partial charge in [0.05, 0.1) is 0 Å². The van der Waals surface area contributed by atoms with Gasteiger partial charge in [0, 0.05) is 0 Å². The zero-order chi connectivity index (χ0) is 15.2. The van der Waals surface area contributed by atoms with Crippen LogP contribution in [-0.4, -0.2) is 17.2 Å². The van der Waals surface area contributed by atoms with Crippen LogP contribution in [0.4, 0.5) is 0 Å². The first-order chi connectivity index (χ1) is 10.2. The van der Waals surface area contributed by atoms with Crippen LogP contribution in [0.1, 0.15) is 42.9 Å². The summed E-state index contributed by atoms with van der Waals surface area (Å²) in [5.74, 6) is 0.501. The molecule has 0 aliphatic rings. The van der Waals surface area contributed by atoms with Gasteiger partial charge in [-0.25, -0.2) is 0 Å². The van der Waals surface area contributed by atoms with E-state index in [0.717, 1.165) is 24.8 Å². The lowest BCUT2D eigenvalue weighted by molar-refractivity contribution is 0.425. The van der Waals surface area contributed by atoms with Gasteiger partial charge in [0.15, 0.2) is 0 Å². The summed E-state index contributed by atoms with van der Waals surface area (Å²) in [6, 6.07) is 16.5. The first-order valence-corrected chi connectivity index (χ1v) is 7.68. The number of benzene rings is 2. The fraction of sp³-hybridized carbons (Fsp3) is 0.333. The van der Waals surface area contributed by atoms with Gasteiger partial charge in [-0.15, -0.1) is 0 Å². The average molecular weight is 282 g/mol. The normalized spacial score (nSPS) is 12.2. The summed E-state index contributed by atoms with van der Waals surface area (Å²) in [5, 5.41) is 18.8. The number of rotatable bonds is 6. The highest BCUT2D eigenvalue weighted by Gasteiger charge is 2.16. The maximum absolute atomic E-state index is 9.39. The summed E-state index contributed by atoms with van der Waals surface area (Å²) in [4.78, 5) is 0. The molecule has 0 saturated carbocycles. The Kier molecular flexibility index (Phi) is 5.60. The third-order valence-electron chi connectivity index (χ3n) is 4.11. The molecule has 0 radical (unpaired) electrons. The van der Waals surface area contributed by atoms with E-state index >= 15 is 0 Å². The molecule has 0 spiro atoms. The number of hydrogen-bond donors (Lipinski definition) is 2. The molecule has 2 aromatic rings. The van der Waals surface area contributed by atoms with E-state index < -0.39 is 7.12 Å². The first kappa shape index (κ1) is 15.8. The minimum Gasteiger partial charge on any atom is -0.423 e. The van der Waals surface area contributed by atoms with Crippen LogP contribution in [0.25, 0.3) is 0 Å². The van der Waals surface area contributed by atoms with E-state index in [-0.39, 0.29) is 0 Å². The van der Waals surface area contributed by atoms with Crippen LogP contribution in [-0.2, 0) is 12.8 Å². The number of hydrogen-bond acceptors (Lipinski definition) is 2. The van der Waals surface area contributed by atoms with E-state index in [1.807, 2.05) is 25.1 Å². The molecule has 0 saturated heterocycles. The van der Waals surface area contributed by atoms with Crippen molar-refractivity contribution in [3.63, 3.8) is 0 Å². The van der Waals surface area contributed by atoms with Crippen LogP contribution in [0, 0.1) is 0 Å². The molecule has 21 heavy (non-hydrogen) atoms. The van der Waals surface area contributed by atoms with Gasteiger partial charge in [-0.1, -0.05) is 62.4 Å². The molecule has 3 heteroatoms. The summed E-state index contributed by atoms with van der Waals surface area (Å²) >= 11 is 0. The maximum atomic E-state index is 9.39. The molecule has 2 aromatic carbocycles. The van der Waals surface area contributed by atoms with Gasteiger partial charge in [-0.05, 0) is 47.3 Å². The van der Waals surface area contributed by atoms with Crippen molar-refractivity contribution in [3.8, 4) is 0 Å². The molecule has 2 rings (SSSR count). The second-order valence-corrected chi connectivity index (χ2v) is 5.48. The zero-order valence-corrected chi connectivity index (χ0v) is 12.8. The Labute approximate surface area is 127 Å². The molecular formula is C18H23BO2. The molecule has 0 heterocycles. The number of aryl methyl sites for hydroxylation is 1. The quantitative estimate of drug-likeness (QED) is 0.800. The molecule has 110 valence electrons. The first-order valence-electron chi connectivity index (χ1n) is 7.68. The molecule has 2 N–H and O–H groups in total. The van der Waals surface area contributed by atoms with E-state index in [4.69, 9.17) is 0 Å². The Balaban J connectivity index is 2.22. The van der Waals surface area contributed by atoms with Gasteiger partial charge in [-0.3, -0.25) is 0 Å². The SMILES string of the molecule is CCc1cc(CC(CC)c2ccccc2)ccc1B(O)O. The summed E-state index contributed by atoms with van der Waals surface area (Å²) in [5.41, 5.74) is 4.26. The van der Waals surface area contributed by atoms with E-state index in [0.29, 0.717) is 11.4 Å². The van der Waals surface area contributed by atoms with Gasteiger partial charge in [0.1, 0.15) is 0 Å². The van der Waals surface area contributed by atoms with Crippen molar-refractivity contribution in [3.05, 3.63) is 65.2 Å². The molecule has 0 aromatic heterocycles. The molecule has 0 aliphatic heterocycles. The monoisotopic (exact) mass is 282 g/mol. The standard InChI is InChI=1S/C18H23BO2/c1-3-15(17-8-6-5-7-9-17)12-14-10-11-18(19(20)21)16(4-2)13-14/h5-11,13,15,20-21H,3-4,12H2,1-2H3. The lowest BCUT2D eigenvalue weighted by Gasteiger charge is -2.17. The zero-order valence-electron chi connectivity index (χ0n) is 12.8. The van der Waals surface area contributed by atoms with Gasteiger partial charge >= 0.3 is 7.12 Å². The van der Waals surface area contributed by atoms with Crippen LogP contribution < -0.4 is 5.46 Å². The summed E-state index contributed by atoms with van der Waals surface area (Å²) in [6.07, 6.45) is 2.88. The van der Waals surface area contributed by atoms with Gasteiger partial charge in [0.25, 0.3) is 0 Å². The van der Waals surface area contributed by atoms with Crippen molar-refractivity contribution in [2.45, 2.75) is 39.0 Å². The summed E-state index contributed by atoms with van der Waals surface area (Å²) in [7, 11) is -1.38. The van der Waals surface area contributed by atoms with Crippen molar-refractivity contribution < 1.29 is 10.0 Å². The summed E-state index contributed by atoms with van der Waals surface area (Å²) in [6.45, 7) is 4.25. The highest BCUT2D eigenvalue weighted by molar-refractivity contribution is 6.59. The average Bonchev–Trinajstić information content (AvgIpc) is 2.53. The van der Waals surface area contributed by atoms with Crippen LogP contribution in [0.15, 0.2) is 48.5 Å². The van der Waals surface area contributed by atoms with Crippen molar-refractivity contribution >= 4 is 12.6 Å². The molecular weight excluding hydrogens is 259 g/mol. The fourth-order valence-electron chi connectivity index (χ4n) is 2.85. The molecule has 1 atom stereocenters. The van der Waals surface area contributed by atoms with Crippen LogP contribution in [0.5, 0.6) is 0 Å². The Hall–Kier alpha value is -1.58. The lowest BCUT2D eigenvalue weighted by atomic mass is 9.75. The molecule has 0 aliphatic carbocycles. The third kappa shape index (κ3) is 3.96. The third-order valence-corrected chi connectivity index (χ3v) is 4.11. The van der Waals surface area contributed by atoms with Crippen molar-refractivity contribution in [1.29, 1.82) is 0 Å². The Morgan fingerprint density at radius 3 is 2.29 bits per heavy atom. The maximum Gasteiger partial charge on any atom is 0.488 e. The minimum absolute atomic E-state index is 0.501. The fourth-order valence-corrected chi connectivity index (χ4v) is 2.85. The smallest absolute Gasteiger partial charge is 0.423 e. The molecule has 0 fully saturated rings. The highest BCUT2D eigenvalue weighted by atomic mass is 16.4. The molecule has 2 nitrogen and oxygen atoms in total. The van der Waals surface area contributed by atoms with E-state index in [1.54, 1.807) is 0 Å². The Bertz CT molecular complexity index is 567. The lowest BCUT2D eigenvalue weighted by Crippen LogP contribution is -2.33.